The van der Waals surface area contributed by atoms with E-state index in [4.69, 9.17) is 11.6 Å². The number of hydrogen-bond donors (Lipinski definition) is 0. The number of amides is 1. The van der Waals surface area contributed by atoms with Crippen molar-refractivity contribution >= 4 is 17.5 Å². The average molecular weight is 277 g/mol. The van der Waals surface area contributed by atoms with E-state index in [1.54, 1.807) is 12.3 Å². The van der Waals surface area contributed by atoms with Crippen molar-refractivity contribution in [2.24, 2.45) is 0 Å². The van der Waals surface area contributed by atoms with E-state index >= 15 is 0 Å². The summed E-state index contributed by atoms with van der Waals surface area (Å²) in [4.78, 5) is 22.1. The Labute approximate surface area is 115 Å². The van der Waals surface area contributed by atoms with E-state index in [-0.39, 0.29) is 11.9 Å². The Kier molecular flexibility index (Phi) is 2.98. The Morgan fingerprint density at radius 1 is 1.37 bits per heavy atom. The molecule has 0 radical (unpaired) electrons. The van der Waals surface area contributed by atoms with Crippen molar-refractivity contribution in [1.82, 2.24) is 19.4 Å². The summed E-state index contributed by atoms with van der Waals surface area (Å²) >= 11 is 6.11. The highest BCUT2D eigenvalue weighted by molar-refractivity contribution is 6.29. The highest BCUT2D eigenvalue weighted by Gasteiger charge is 2.29. The number of aromatic nitrogens is 3. The maximum atomic E-state index is 12.4. The fraction of sp³-hybridized carbons (Fsp3) is 0.308. The molecular weight excluding hydrogens is 264 g/mol. The average Bonchev–Trinajstić information content (AvgIpc) is 2.82. The third-order valence-corrected chi connectivity index (χ3v) is 3.81. The van der Waals surface area contributed by atoms with Gasteiger partial charge in [0.2, 0.25) is 0 Å². The van der Waals surface area contributed by atoms with Gasteiger partial charge in [-0.3, -0.25) is 4.79 Å². The molecule has 0 aliphatic carbocycles. The molecule has 2 aromatic rings. The van der Waals surface area contributed by atoms with Crippen LogP contribution in [0.3, 0.4) is 0 Å². The Hall–Kier alpha value is -1.88. The van der Waals surface area contributed by atoms with Gasteiger partial charge in [0.15, 0.2) is 0 Å². The minimum Gasteiger partial charge on any atom is -0.332 e. The zero-order valence-electron chi connectivity index (χ0n) is 10.5. The van der Waals surface area contributed by atoms with Crippen LogP contribution in [0.2, 0.25) is 5.15 Å². The second-order valence-electron chi connectivity index (χ2n) is 4.50. The topological polar surface area (TPSA) is 51.0 Å². The molecule has 1 amide bonds. The number of nitrogens with zero attached hydrogens (tertiary/aromatic N) is 4. The van der Waals surface area contributed by atoms with Crippen molar-refractivity contribution in [2.75, 3.05) is 6.54 Å². The lowest BCUT2D eigenvalue weighted by atomic mass is 10.1. The minimum absolute atomic E-state index is 0.0104. The van der Waals surface area contributed by atoms with E-state index in [1.165, 1.54) is 6.33 Å². The van der Waals surface area contributed by atoms with Crippen molar-refractivity contribution in [1.29, 1.82) is 0 Å². The number of carbonyl (C=O) groups excluding carboxylic acids is 1. The molecule has 1 unspecified atom stereocenters. The Morgan fingerprint density at radius 2 is 2.21 bits per heavy atom. The van der Waals surface area contributed by atoms with Crippen LogP contribution in [-0.4, -0.2) is 31.9 Å². The molecule has 2 aromatic heterocycles. The van der Waals surface area contributed by atoms with Crippen molar-refractivity contribution in [3.63, 3.8) is 0 Å². The molecule has 0 aromatic carbocycles. The summed E-state index contributed by atoms with van der Waals surface area (Å²) in [5.41, 5.74) is 1.48. The summed E-state index contributed by atoms with van der Waals surface area (Å²) in [6, 6.07) is 5.46. The van der Waals surface area contributed by atoms with Gasteiger partial charge in [0.25, 0.3) is 5.91 Å². The van der Waals surface area contributed by atoms with Gasteiger partial charge in [-0.1, -0.05) is 11.6 Å². The lowest BCUT2D eigenvalue weighted by molar-refractivity contribution is 0.0638. The van der Waals surface area contributed by atoms with Gasteiger partial charge < -0.3 is 9.47 Å². The van der Waals surface area contributed by atoms with Crippen LogP contribution in [0.25, 0.3) is 0 Å². The summed E-state index contributed by atoms with van der Waals surface area (Å²) in [5.74, 6) is -0.0709. The summed E-state index contributed by atoms with van der Waals surface area (Å²) in [6.45, 7) is 3.34. The van der Waals surface area contributed by atoms with Crippen LogP contribution in [0.1, 0.15) is 29.1 Å². The van der Waals surface area contributed by atoms with Crippen LogP contribution in [0, 0.1) is 0 Å². The van der Waals surface area contributed by atoms with E-state index in [0.29, 0.717) is 18.8 Å². The molecule has 1 atom stereocenters. The zero-order chi connectivity index (χ0) is 13.4. The lowest BCUT2D eigenvalue weighted by Crippen LogP contribution is -2.41. The molecule has 0 N–H and O–H groups in total. The van der Waals surface area contributed by atoms with Crippen LogP contribution in [-0.2, 0) is 6.54 Å². The van der Waals surface area contributed by atoms with Gasteiger partial charge in [-0.15, -0.1) is 0 Å². The number of rotatable bonds is 1. The second kappa shape index (κ2) is 4.66. The SMILES string of the molecule is CC1c2ccc(Cl)n2CCN1C(=O)c1ccncn1. The monoisotopic (exact) mass is 276 g/mol. The first-order chi connectivity index (χ1) is 9.18. The first-order valence-corrected chi connectivity index (χ1v) is 6.48. The van der Waals surface area contributed by atoms with Crippen molar-refractivity contribution < 1.29 is 4.79 Å². The molecule has 0 spiro atoms. The highest BCUT2D eigenvalue weighted by atomic mass is 35.5. The highest BCUT2D eigenvalue weighted by Crippen LogP contribution is 2.29. The number of fused-ring (bicyclic) bond motifs is 1. The normalized spacial score (nSPS) is 18.2. The lowest BCUT2D eigenvalue weighted by Gasteiger charge is -2.34. The van der Waals surface area contributed by atoms with E-state index < -0.39 is 0 Å². The van der Waals surface area contributed by atoms with Crippen molar-refractivity contribution in [3.8, 4) is 0 Å². The van der Waals surface area contributed by atoms with Gasteiger partial charge in [0, 0.05) is 25.0 Å². The molecule has 6 heteroatoms. The summed E-state index contributed by atoms with van der Waals surface area (Å²) in [7, 11) is 0. The van der Waals surface area contributed by atoms with Crippen molar-refractivity contribution in [2.45, 2.75) is 19.5 Å². The summed E-state index contributed by atoms with van der Waals surface area (Å²) in [5, 5.41) is 0.719. The largest absolute Gasteiger partial charge is 0.332 e. The van der Waals surface area contributed by atoms with E-state index in [9.17, 15) is 4.79 Å². The predicted octanol–water partition coefficient (Wildman–Crippen LogP) is 2.15. The van der Waals surface area contributed by atoms with Gasteiger partial charge in [-0.25, -0.2) is 9.97 Å². The molecule has 5 nitrogen and oxygen atoms in total. The smallest absolute Gasteiger partial charge is 0.273 e. The third kappa shape index (κ3) is 2.00. The van der Waals surface area contributed by atoms with Crippen LogP contribution in [0.4, 0.5) is 0 Å². The first-order valence-electron chi connectivity index (χ1n) is 6.10. The molecule has 98 valence electrons. The van der Waals surface area contributed by atoms with Crippen molar-refractivity contribution in [3.05, 3.63) is 47.3 Å². The summed E-state index contributed by atoms with van der Waals surface area (Å²) in [6.07, 6.45) is 2.97. The first kappa shape index (κ1) is 12.2. The predicted molar refractivity (Wildman–Crippen MR) is 70.9 cm³/mol. The van der Waals surface area contributed by atoms with Crippen LogP contribution in [0.5, 0.6) is 0 Å². The Bertz CT molecular complexity index is 610. The number of halogens is 1. The minimum atomic E-state index is -0.0709. The van der Waals surface area contributed by atoms with Gasteiger partial charge >= 0.3 is 0 Å². The standard InChI is InChI=1S/C13H13ClN4O/c1-9-11-2-3-12(14)18(11)7-6-17(9)13(19)10-4-5-15-8-16-10/h2-5,8-9H,6-7H2,1H3. The Morgan fingerprint density at radius 3 is 2.95 bits per heavy atom. The molecule has 0 bridgehead atoms. The molecule has 3 heterocycles. The van der Waals surface area contributed by atoms with Gasteiger partial charge in [0.1, 0.15) is 17.2 Å². The number of carbonyl (C=O) groups is 1. The second-order valence-corrected chi connectivity index (χ2v) is 4.89. The van der Waals surface area contributed by atoms with Crippen LogP contribution in [0.15, 0.2) is 30.7 Å². The molecule has 19 heavy (non-hydrogen) atoms. The number of hydrogen-bond acceptors (Lipinski definition) is 3. The van der Waals surface area contributed by atoms with E-state index in [0.717, 1.165) is 10.8 Å². The maximum Gasteiger partial charge on any atom is 0.273 e. The maximum absolute atomic E-state index is 12.4. The molecule has 1 aliphatic rings. The van der Waals surface area contributed by atoms with Crippen LogP contribution >= 0.6 is 11.6 Å². The molecule has 3 rings (SSSR count). The zero-order valence-corrected chi connectivity index (χ0v) is 11.2. The van der Waals surface area contributed by atoms with E-state index in [1.807, 2.05) is 28.5 Å². The molecule has 0 saturated carbocycles. The fourth-order valence-corrected chi connectivity index (χ4v) is 2.71. The quantitative estimate of drug-likeness (QED) is 0.802. The van der Waals surface area contributed by atoms with Crippen LogP contribution < -0.4 is 0 Å². The third-order valence-electron chi connectivity index (χ3n) is 3.48. The molecule has 0 fully saturated rings. The molecule has 0 saturated heterocycles. The summed E-state index contributed by atoms with van der Waals surface area (Å²) < 4.78 is 2.04. The molecule has 1 aliphatic heterocycles. The molecular formula is C13H13ClN4O. The van der Waals surface area contributed by atoms with E-state index in [2.05, 4.69) is 9.97 Å². The Balaban J connectivity index is 1.90. The van der Waals surface area contributed by atoms with Gasteiger partial charge in [0.05, 0.1) is 6.04 Å². The fourth-order valence-electron chi connectivity index (χ4n) is 2.46. The van der Waals surface area contributed by atoms with Gasteiger partial charge in [-0.05, 0) is 25.1 Å². The van der Waals surface area contributed by atoms with Gasteiger partial charge in [-0.2, -0.15) is 0 Å².